The monoisotopic (exact) mass is 498 g/mol. The molecule has 0 aromatic carbocycles. The maximum Gasteiger partial charge on any atom is 0.175 e. The van der Waals surface area contributed by atoms with E-state index in [0.717, 1.165) is 35.8 Å². The second kappa shape index (κ2) is 14.9. The number of ether oxygens (including phenoxy) is 2. The smallest absolute Gasteiger partial charge is 0.175 e. The molecule has 0 aliphatic heterocycles. The van der Waals surface area contributed by atoms with Gasteiger partial charge in [0, 0.05) is 28.8 Å². The van der Waals surface area contributed by atoms with E-state index in [0.29, 0.717) is 0 Å². The first kappa shape index (κ1) is 30.9. The molecule has 0 fully saturated rings. The summed E-state index contributed by atoms with van der Waals surface area (Å²) in [4.78, 5) is 10.1. The summed E-state index contributed by atoms with van der Waals surface area (Å²) in [7, 11) is 20.7. The molecule has 2 atom stereocenters. The Bertz CT molecular complexity index is 405. The lowest BCUT2D eigenvalue weighted by Crippen LogP contribution is -2.55. The summed E-state index contributed by atoms with van der Waals surface area (Å²) in [6.45, 7) is 10.8. The molecule has 0 heterocycles. The summed E-state index contributed by atoms with van der Waals surface area (Å²) in [5.41, 5.74) is 0. The molecule has 0 aliphatic carbocycles. The van der Waals surface area contributed by atoms with Crippen molar-refractivity contribution < 1.29 is 9.47 Å². The molecular formula is C20H50N4O2S2Si2. The fraction of sp³-hybridized carbons (Fsp3) is 1.00. The Labute approximate surface area is 200 Å². The number of hydrogen-bond acceptors (Lipinski definition) is 8. The highest BCUT2D eigenvalue weighted by molar-refractivity contribution is 8.77. The number of rotatable bonds is 17. The van der Waals surface area contributed by atoms with Gasteiger partial charge in [0.05, 0.1) is 13.2 Å². The molecule has 0 amide bonds. The second-order valence-corrected chi connectivity index (χ2v) is 16.6. The number of nitrogens with zero attached hydrogens (tertiary/aromatic N) is 4. The molecule has 0 radical (unpaired) electrons. The van der Waals surface area contributed by atoms with Crippen molar-refractivity contribution in [2.45, 2.75) is 61.2 Å². The molecule has 0 aromatic rings. The summed E-state index contributed by atoms with van der Waals surface area (Å²) >= 11 is 0. The quantitative estimate of drug-likeness (QED) is 0.171. The minimum Gasteiger partial charge on any atom is -0.347 e. The van der Waals surface area contributed by atoms with Gasteiger partial charge in [-0.25, -0.2) is 0 Å². The Morgan fingerprint density at radius 2 is 0.900 bits per heavy atom. The zero-order valence-corrected chi connectivity index (χ0v) is 26.3. The van der Waals surface area contributed by atoms with Crippen molar-refractivity contribution in [1.29, 1.82) is 0 Å². The van der Waals surface area contributed by atoms with Crippen LogP contribution in [0.1, 0.15) is 26.7 Å². The first-order valence-electron chi connectivity index (χ1n) is 11.1. The topological polar surface area (TPSA) is 31.4 Å². The van der Waals surface area contributed by atoms with E-state index in [1.807, 2.05) is 0 Å². The van der Waals surface area contributed by atoms with Crippen LogP contribution >= 0.6 is 21.6 Å². The van der Waals surface area contributed by atoms with Gasteiger partial charge < -0.3 is 9.47 Å². The zero-order chi connectivity index (χ0) is 23.5. The van der Waals surface area contributed by atoms with Gasteiger partial charge in [-0.1, -0.05) is 34.7 Å². The molecule has 0 N–H and O–H groups in total. The molecule has 2 unspecified atom stereocenters. The summed E-state index contributed by atoms with van der Waals surface area (Å²) in [5, 5.41) is 0. The molecule has 0 aliphatic rings. The van der Waals surface area contributed by atoms with E-state index >= 15 is 0 Å². The highest BCUT2D eigenvalue weighted by Gasteiger charge is 2.31. The lowest BCUT2D eigenvalue weighted by Gasteiger charge is -2.42. The average Bonchev–Trinajstić information content (AvgIpc) is 2.67. The minimum atomic E-state index is -0.348. The van der Waals surface area contributed by atoms with Crippen LogP contribution in [0.2, 0.25) is 13.1 Å². The molecule has 0 saturated heterocycles. The maximum absolute atomic E-state index is 6.30. The highest BCUT2D eigenvalue weighted by Crippen LogP contribution is 2.34. The van der Waals surface area contributed by atoms with Crippen LogP contribution in [-0.2, 0) is 9.47 Å². The van der Waals surface area contributed by atoms with E-state index in [1.54, 1.807) is 0 Å². The van der Waals surface area contributed by atoms with E-state index < -0.39 is 0 Å². The molecule has 0 aromatic heterocycles. The third-order valence-electron chi connectivity index (χ3n) is 6.19. The first-order chi connectivity index (χ1) is 13.8. The molecule has 6 nitrogen and oxygen atoms in total. The number of hydrogen-bond donors (Lipinski definition) is 0. The van der Waals surface area contributed by atoms with Crippen LogP contribution in [0.3, 0.4) is 0 Å². The van der Waals surface area contributed by atoms with Gasteiger partial charge in [-0.05, 0) is 83.1 Å². The van der Waals surface area contributed by atoms with E-state index in [1.165, 1.54) is 0 Å². The Morgan fingerprint density at radius 3 is 1.10 bits per heavy atom. The summed E-state index contributed by atoms with van der Waals surface area (Å²) in [6.07, 6.45) is 2.29. The summed E-state index contributed by atoms with van der Waals surface area (Å²) in [6, 6.07) is 0. The molecule has 30 heavy (non-hydrogen) atoms. The third kappa shape index (κ3) is 9.80. The van der Waals surface area contributed by atoms with E-state index in [2.05, 4.69) is 125 Å². The average molecular weight is 499 g/mol. The summed E-state index contributed by atoms with van der Waals surface area (Å²) in [5.74, 6) is -0.696. The van der Waals surface area contributed by atoms with Gasteiger partial charge in [0.15, 0.2) is 11.7 Å². The normalized spacial score (nSPS) is 16.4. The Kier molecular flexibility index (Phi) is 15.4. The fourth-order valence-corrected chi connectivity index (χ4v) is 11.2. The van der Waals surface area contributed by atoms with E-state index in [4.69, 9.17) is 9.47 Å². The van der Waals surface area contributed by atoms with Crippen molar-refractivity contribution >= 4 is 40.6 Å². The van der Waals surface area contributed by atoms with Gasteiger partial charge in [-0.15, -0.1) is 0 Å². The van der Waals surface area contributed by atoms with E-state index in [9.17, 15) is 0 Å². The van der Waals surface area contributed by atoms with Crippen molar-refractivity contribution in [3.05, 3.63) is 0 Å². The van der Waals surface area contributed by atoms with Crippen LogP contribution in [0, 0.1) is 0 Å². The highest BCUT2D eigenvalue weighted by atomic mass is 33.1. The molecule has 0 spiro atoms. The molecule has 0 bridgehead atoms. The van der Waals surface area contributed by atoms with Crippen molar-refractivity contribution in [3.63, 3.8) is 0 Å². The second-order valence-electron chi connectivity index (χ2n) is 8.97. The van der Waals surface area contributed by atoms with Crippen LogP contribution in [-0.4, -0.2) is 130 Å². The lowest BCUT2D eigenvalue weighted by atomic mass is 10.4. The van der Waals surface area contributed by atoms with E-state index in [-0.39, 0.29) is 30.7 Å². The van der Waals surface area contributed by atoms with Crippen LogP contribution in [0.25, 0.3) is 0 Å². The van der Waals surface area contributed by atoms with Crippen LogP contribution in [0.4, 0.5) is 0 Å². The van der Waals surface area contributed by atoms with Gasteiger partial charge in [0.25, 0.3) is 0 Å². The molecule has 10 heteroatoms. The SMILES string of the molecule is C[SiH2]C(CCOC(C)(N(C)C)N(C)C)SSC(CCOC(C)(N(C)C)N(C)C)[SiH2]C. The van der Waals surface area contributed by atoms with Crippen molar-refractivity contribution in [3.8, 4) is 0 Å². The first-order valence-corrected chi connectivity index (χ1v) is 17.9. The van der Waals surface area contributed by atoms with Gasteiger partial charge in [-0.2, -0.15) is 0 Å². The fourth-order valence-electron chi connectivity index (χ4n) is 2.88. The minimum absolute atomic E-state index is 0.0829. The predicted molar refractivity (Wildman–Crippen MR) is 144 cm³/mol. The third-order valence-corrected chi connectivity index (χ3v) is 16.4. The van der Waals surface area contributed by atoms with Crippen molar-refractivity contribution in [1.82, 2.24) is 19.6 Å². The van der Waals surface area contributed by atoms with Crippen LogP contribution in [0.15, 0.2) is 0 Å². The molecular weight excluding hydrogens is 449 g/mol. The molecule has 0 rings (SSSR count). The Morgan fingerprint density at radius 1 is 0.633 bits per heavy atom. The van der Waals surface area contributed by atoms with Gasteiger partial charge >= 0.3 is 0 Å². The Hall–Kier alpha value is 0.894. The molecule has 182 valence electrons. The van der Waals surface area contributed by atoms with Crippen LogP contribution < -0.4 is 0 Å². The van der Waals surface area contributed by atoms with Gasteiger partial charge in [-0.3, -0.25) is 19.6 Å². The lowest BCUT2D eigenvalue weighted by molar-refractivity contribution is -0.207. The maximum atomic E-state index is 6.30. The van der Waals surface area contributed by atoms with Gasteiger partial charge in [0.2, 0.25) is 0 Å². The standard InChI is InChI=1S/C20H50N4O2S2Si2/c1-19(21(3)4,22(5)6)25-15-13-17(29-11)27-28-18(30-12)14-16-26-20(2,23(7)8)24(9)10/h17-18H,13-16,29-30H2,1-12H3. The summed E-state index contributed by atoms with van der Waals surface area (Å²) < 4.78 is 12.6. The zero-order valence-electron chi connectivity index (χ0n) is 21.8. The predicted octanol–water partition coefficient (Wildman–Crippen LogP) is 1.86. The van der Waals surface area contributed by atoms with Crippen molar-refractivity contribution in [2.24, 2.45) is 0 Å². The Balaban J connectivity index is 4.49. The largest absolute Gasteiger partial charge is 0.347 e. The van der Waals surface area contributed by atoms with Crippen molar-refractivity contribution in [2.75, 3.05) is 69.6 Å². The van der Waals surface area contributed by atoms with Gasteiger partial charge in [0.1, 0.15) is 0 Å². The van der Waals surface area contributed by atoms with Crippen LogP contribution in [0.5, 0.6) is 0 Å². The molecule has 0 saturated carbocycles.